The lowest BCUT2D eigenvalue weighted by Crippen LogP contribution is -2.36. The number of halogens is 1. The lowest BCUT2D eigenvalue weighted by molar-refractivity contribution is 0.336. The lowest BCUT2D eigenvalue weighted by atomic mass is 9.86. The zero-order valence-corrected chi connectivity index (χ0v) is 13.6. The third kappa shape index (κ3) is 4.19. The first-order valence-electron chi connectivity index (χ1n) is 8.28. The zero-order chi connectivity index (χ0) is 15.4. The normalized spacial score (nSPS) is 23.9. The van der Waals surface area contributed by atoms with E-state index >= 15 is 0 Å². The second-order valence-corrected chi connectivity index (χ2v) is 6.68. The van der Waals surface area contributed by atoms with Gasteiger partial charge in [-0.05, 0) is 55.4 Å². The maximum absolute atomic E-state index is 13.6. The van der Waals surface area contributed by atoms with Crippen LogP contribution in [0.3, 0.4) is 0 Å². The van der Waals surface area contributed by atoms with E-state index in [9.17, 15) is 4.39 Å². The molecule has 3 unspecified atom stereocenters. The van der Waals surface area contributed by atoms with Crippen molar-refractivity contribution in [3.8, 4) is 0 Å². The van der Waals surface area contributed by atoms with Gasteiger partial charge in [-0.3, -0.25) is 0 Å². The molecule has 3 atom stereocenters. The van der Waals surface area contributed by atoms with E-state index in [1.165, 1.54) is 25.7 Å². The average molecular weight is 292 g/mol. The molecule has 0 spiro atoms. The highest BCUT2D eigenvalue weighted by atomic mass is 19.1. The third-order valence-electron chi connectivity index (χ3n) is 4.88. The van der Waals surface area contributed by atoms with E-state index in [1.54, 1.807) is 12.1 Å². The van der Waals surface area contributed by atoms with Crippen LogP contribution in [0.2, 0.25) is 0 Å². The van der Waals surface area contributed by atoms with E-state index in [1.807, 2.05) is 6.07 Å². The Bertz CT molecular complexity index is 461. The fraction of sp³-hybridized carbons (Fsp3) is 0.667. The Morgan fingerprint density at radius 2 is 2.14 bits per heavy atom. The molecule has 0 saturated heterocycles. The number of hydrogen-bond donors (Lipinski definition) is 1. The molecule has 0 bridgehead atoms. The fourth-order valence-corrected chi connectivity index (χ4v) is 3.44. The van der Waals surface area contributed by atoms with Gasteiger partial charge in [-0.15, -0.1) is 0 Å². The predicted octanol–water partition coefficient (Wildman–Crippen LogP) is 4.12. The Balaban J connectivity index is 2.20. The monoisotopic (exact) mass is 292 g/mol. The maximum atomic E-state index is 13.6. The molecule has 0 aliphatic heterocycles. The minimum atomic E-state index is -0.164. The van der Waals surface area contributed by atoms with Crippen molar-refractivity contribution < 1.29 is 4.39 Å². The number of rotatable bonds is 5. The van der Waals surface area contributed by atoms with Crippen molar-refractivity contribution in [2.24, 2.45) is 11.7 Å². The summed E-state index contributed by atoms with van der Waals surface area (Å²) in [6.07, 6.45) is 6.75. The highest BCUT2D eigenvalue weighted by molar-refractivity contribution is 5.54. The Labute approximate surface area is 128 Å². The van der Waals surface area contributed by atoms with Crippen molar-refractivity contribution in [2.75, 3.05) is 11.9 Å². The summed E-state index contributed by atoms with van der Waals surface area (Å²) >= 11 is 0. The highest BCUT2D eigenvalue weighted by Crippen LogP contribution is 2.32. The van der Waals surface area contributed by atoms with Gasteiger partial charge in [-0.25, -0.2) is 4.39 Å². The molecule has 1 aliphatic rings. The molecule has 0 amide bonds. The summed E-state index contributed by atoms with van der Waals surface area (Å²) in [6.45, 7) is 4.41. The van der Waals surface area contributed by atoms with Crippen LogP contribution in [0, 0.1) is 11.7 Å². The van der Waals surface area contributed by atoms with Crippen molar-refractivity contribution in [3.05, 3.63) is 29.6 Å². The van der Waals surface area contributed by atoms with Gasteiger partial charge in [0.25, 0.3) is 0 Å². The number of hydrogen-bond acceptors (Lipinski definition) is 2. The van der Waals surface area contributed by atoms with E-state index in [2.05, 4.69) is 25.8 Å². The number of anilines is 1. The van der Waals surface area contributed by atoms with Crippen molar-refractivity contribution in [1.82, 2.24) is 0 Å². The minimum Gasteiger partial charge on any atom is -0.371 e. The Morgan fingerprint density at radius 3 is 2.81 bits per heavy atom. The molecule has 118 valence electrons. The molecule has 1 aliphatic carbocycles. The molecule has 2 N–H and O–H groups in total. The van der Waals surface area contributed by atoms with Gasteiger partial charge in [0, 0.05) is 24.8 Å². The van der Waals surface area contributed by atoms with Gasteiger partial charge in [-0.1, -0.05) is 26.7 Å². The summed E-state index contributed by atoms with van der Waals surface area (Å²) in [7, 11) is 2.15. The predicted molar refractivity (Wildman–Crippen MR) is 88.2 cm³/mol. The molecule has 0 aromatic heterocycles. The molecule has 1 aromatic carbocycles. The van der Waals surface area contributed by atoms with E-state index < -0.39 is 0 Å². The Hall–Kier alpha value is -1.09. The topological polar surface area (TPSA) is 29.3 Å². The molecule has 21 heavy (non-hydrogen) atoms. The molecule has 0 radical (unpaired) electrons. The summed E-state index contributed by atoms with van der Waals surface area (Å²) in [5.74, 6) is 0.621. The largest absolute Gasteiger partial charge is 0.371 e. The smallest absolute Gasteiger partial charge is 0.123 e. The molecule has 2 rings (SSSR count). The van der Waals surface area contributed by atoms with Crippen molar-refractivity contribution in [3.63, 3.8) is 0 Å². The molecular formula is C18H29FN2. The molecule has 2 nitrogen and oxygen atoms in total. The van der Waals surface area contributed by atoms with Gasteiger partial charge in [0.15, 0.2) is 0 Å². The standard InChI is InChI=1S/C18H29FN2/c1-4-16(20)12-14-11-15(19)8-9-18(14)21(3)17-7-5-6-13(2)10-17/h8-9,11,13,16-17H,4-7,10,12,20H2,1-3H3. The molecule has 1 saturated carbocycles. The molecule has 3 heteroatoms. The van der Waals surface area contributed by atoms with Crippen LogP contribution < -0.4 is 10.6 Å². The van der Waals surface area contributed by atoms with Crippen molar-refractivity contribution in [2.45, 2.75) is 64.5 Å². The quantitative estimate of drug-likeness (QED) is 0.884. The van der Waals surface area contributed by atoms with Crippen LogP contribution in [0.1, 0.15) is 51.5 Å². The second kappa shape index (κ2) is 7.26. The minimum absolute atomic E-state index is 0.101. The Morgan fingerprint density at radius 1 is 1.38 bits per heavy atom. The summed E-state index contributed by atoms with van der Waals surface area (Å²) in [5, 5.41) is 0. The molecule has 1 fully saturated rings. The van der Waals surface area contributed by atoms with Crippen molar-refractivity contribution >= 4 is 5.69 Å². The second-order valence-electron chi connectivity index (χ2n) is 6.68. The summed E-state index contributed by atoms with van der Waals surface area (Å²) in [5.41, 5.74) is 8.28. The summed E-state index contributed by atoms with van der Waals surface area (Å²) < 4.78 is 13.6. The van der Waals surface area contributed by atoms with Crippen molar-refractivity contribution in [1.29, 1.82) is 0 Å². The zero-order valence-electron chi connectivity index (χ0n) is 13.6. The first-order valence-corrected chi connectivity index (χ1v) is 8.28. The average Bonchev–Trinajstić information content (AvgIpc) is 2.46. The summed E-state index contributed by atoms with van der Waals surface area (Å²) in [4.78, 5) is 2.35. The van der Waals surface area contributed by atoms with Crippen LogP contribution in [-0.2, 0) is 6.42 Å². The van der Waals surface area contributed by atoms with Gasteiger partial charge >= 0.3 is 0 Å². The highest BCUT2D eigenvalue weighted by Gasteiger charge is 2.24. The van der Waals surface area contributed by atoms with Gasteiger partial charge in [0.2, 0.25) is 0 Å². The Kier molecular flexibility index (Phi) is 5.63. The number of benzene rings is 1. The lowest BCUT2D eigenvalue weighted by Gasteiger charge is -2.37. The van der Waals surface area contributed by atoms with Gasteiger partial charge in [-0.2, -0.15) is 0 Å². The SMILES string of the molecule is CCC(N)Cc1cc(F)ccc1N(C)C1CCCC(C)C1. The number of nitrogens with two attached hydrogens (primary N) is 1. The first kappa shape index (κ1) is 16.3. The third-order valence-corrected chi connectivity index (χ3v) is 4.88. The molecule has 0 heterocycles. The first-order chi connectivity index (χ1) is 10.0. The van der Waals surface area contributed by atoms with Crippen LogP contribution in [-0.4, -0.2) is 19.1 Å². The van der Waals surface area contributed by atoms with Crippen LogP contribution in [0.25, 0.3) is 0 Å². The van der Waals surface area contributed by atoms with Gasteiger partial charge in [0.1, 0.15) is 5.82 Å². The molecular weight excluding hydrogens is 263 g/mol. The fourth-order valence-electron chi connectivity index (χ4n) is 3.44. The molecule has 1 aromatic rings. The van der Waals surface area contributed by atoms with E-state index in [0.717, 1.165) is 30.0 Å². The van der Waals surface area contributed by atoms with E-state index in [0.29, 0.717) is 6.04 Å². The van der Waals surface area contributed by atoms with E-state index in [4.69, 9.17) is 5.73 Å². The van der Waals surface area contributed by atoms with Crippen LogP contribution in [0.4, 0.5) is 10.1 Å². The van der Waals surface area contributed by atoms with Gasteiger partial charge < -0.3 is 10.6 Å². The maximum Gasteiger partial charge on any atom is 0.123 e. The number of nitrogens with zero attached hydrogens (tertiary/aromatic N) is 1. The van der Waals surface area contributed by atoms with Gasteiger partial charge in [0.05, 0.1) is 0 Å². The van der Waals surface area contributed by atoms with Crippen LogP contribution >= 0.6 is 0 Å². The van der Waals surface area contributed by atoms with E-state index in [-0.39, 0.29) is 11.9 Å². The summed E-state index contributed by atoms with van der Waals surface area (Å²) in [6, 6.07) is 5.82. The van der Waals surface area contributed by atoms with Crippen LogP contribution in [0.5, 0.6) is 0 Å². The van der Waals surface area contributed by atoms with Crippen LogP contribution in [0.15, 0.2) is 18.2 Å².